The Morgan fingerprint density at radius 1 is 0.895 bits per heavy atom. The molecule has 0 aromatic heterocycles. The Balaban J connectivity index is 2.61. The monoisotopic (exact) mass is 293 g/mol. The third-order valence-electron chi connectivity index (χ3n) is 2.82. The molecule has 19 heavy (non-hydrogen) atoms. The van der Waals surface area contributed by atoms with E-state index in [9.17, 15) is 13.0 Å². The quantitative estimate of drug-likeness (QED) is 0.815. The molecule has 0 saturated carbocycles. The van der Waals surface area contributed by atoms with Gasteiger partial charge in [0.05, 0.1) is 10.2 Å². The third kappa shape index (κ3) is 2.91. The maximum absolute atomic E-state index is 12.6. The number of aryl methyl sites for hydroxylation is 1. The first-order valence-corrected chi connectivity index (χ1v) is 8.88. The van der Waals surface area contributed by atoms with Gasteiger partial charge in [0.15, 0.2) is 9.84 Å². The molecule has 0 heterocycles. The van der Waals surface area contributed by atoms with E-state index in [-0.39, 0.29) is 4.90 Å². The van der Waals surface area contributed by atoms with E-state index in [4.69, 9.17) is 0 Å². The molecule has 1 radical (unpaired) electrons. The van der Waals surface area contributed by atoms with Gasteiger partial charge >= 0.3 is 0 Å². The molecule has 3 nitrogen and oxygen atoms in total. The Labute approximate surface area is 114 Å². The van der Waals surface area contributed by atoms with Crippen molar-refractivity contribution in [3.05, 3.63) is 54.1 Å². The van der Waals surface area contributed by atoms with Crippen LogP contribution < -0.4 is 10.6 Å². The highest BCUT2D eigenvalue weighted by Gasteiger charge is 2.19. The molecule has 0 amide bonds. The van der Waals surface area contributed by atoms with Gasteiger partial charge in [-0.05, 0) is 30.7 Å². The molecule has 0 spiro atoms. The summed E-state index contributed by atoms with van der Waals surface area (Å²) in [4.78, 5) is 0.138. The molecule has 99 valence electrons. The summed E-state index contributed by atoms with van der Waals surface area (Å²) in [6.07, 6.45) is 1.13. The van der Waals surface area contributed by atoms with Crippen LogP contribution in [0.1, 0.15) is 5.56 Å². The molecule has 1 unspecified atom stereocenters. The highest BCUT2D eigenvalue weighted by molar-refractivity contribution is 7.91. The van der Waals surface area contributed by atoms with Gasteiger partial charge < -0.3 is 0 Å². The molecule has 2 aromatic carbocycles. The van der Waals surface area contributed by atoms with E-state index in [1.54, 1.807) is 30.3 Å². The fraction of sp³-hybridized carbons (Fsp3) is 0.143. The van der Waals surface area contributed by atoms with Crippen LogP contribution in [-0.4, -0.2) is 14.7 Å². The van der Waals surface area contributed by atoms with Gasteiger partial charge in [0.1, 0.15) is 7.80 Å². The first kappa shape index (κ1) is 13.9. The normalized spacial score (nSPS) is 12.2. The fourth-order valence-corrected chi connectivity index (χ4v) is 4.75. The Morgan fingerprint density at radius 2 is 1.42 bits per heavy atom. The Hall–Kier alpha value is -1.51. The van der Waals surface area contributed by atoms with Crippen LogP contribution in [-0.2, 0) is 14.4 Å². The smallest absolute Gasteiger partial charge is 0.176 e. The van der Waals surface area contributed by atoms with E-state index in [2.05, 4.69) is 0 Å². The highest BCUT2D eigenvalue weighted by Crippen LogP contribution is 2.25. The topological polar surface area (TPSA) is 51.2 Å². The molecule has 0 aliphatic carbocycles. The van der Waals surface area contributed by atoms with Crippen LogP contribution in [0.4, 0.5) is 0 Å². The zero-order valence-electron chi connectivity index (χ0n) is 10.7. The van der Waals surface area contributed by atoms with Gasteiger partial charge in [-0.15, -0.1) is 0 Å². The molecular formula is C14H14O3PS. The lowest BCUT2D eigenvalue weighted by molar-refractivity contribution is 0.595. The van der Waals surface area contributed by atoms with Crippen molar-refractivity contribution in [3.8, 4) is 0 Å². The summed E-state index contributed by atoms with van der Waals surface area (Å²) in [5.74, 6) is 0. The van der Waals surface area contributed by atoms with Crippen molar-refractivity contribution in [1.82, 2.24) is 0 Å². The van der Waals surface area contributed by atoms with Crippen LogP contribution in [0, 0.1) is 6.92 Å². The van der Waals surface area contributed by atoms with Crippen molar-refractivity contribution < 1.29 is 13.0 Å². The van der Waals surface area contributed by atoms with Gasteiger partial charge in [0, 0.05) is 11.6 Å². The lowest BCUT2D eigenvalue weighted by Crippen LogP contribution is -2.16. The average molecular weight is 293 g/mol. The van der Waals surface area contributed by atoms with Crippen LogP contribution in [0.15, 0.2) is 53.4 Å². The Bertz CT molecular complexity index is 736. The summed E-state index contributed by atoms with van der Waals surface area (Å²) in [6, 6.07) is 13.8. The van der Waals surface area contributed by atoms with Crippen molar-refractivity contribution in [2.24, 2.45) is 0 Å². The molecule has 2 rings (SSSR count). The van der Waals surface area contributed by atoms with Gasteiger partial charge in [0.25, 0.3) is 0 Å². The minimum atomic E-state index is -3.38. The second-order valence-electron chi connectivity index (χ2n) is 4.32. The van der Waals surface area contributed by atoms with E-state index in [0.717, 1.165) is 11.8 Å². The average Bonchev–Trinajstić information content (AvgIpc) is 2.37. The molecule has 0 saturated heterocycles. The first-order chi connectivity index (χ1) is 8.91. The van der Waals surface area contributed by atoms with Gasteiger partial charge in [-0.3, -0.25) is 4.57 Å². The Morgan fingerprint density at radius 3 is 2.00 bits per heavy atom. The highest BCUT2D eigenvalue weighted by atomic mass is 32.2. The first-order valence-electron chi connectivity index (χ1n) is 5.73. The molecule has 0 fully saturated rings. The van der Waals surface area contributed by atoms with Crippen LogP contribution in [0.5, 0.6) is 0 Å². The number of sulfone groups is 1. The predicted molar refractivity (Wildman–Crippen MR) is 77.6 cm³/mol. The lowest BCUT2D eigenvalue weighted by atomic mass is 10.2. The Kier molecular flexibility index (Phi) is 3.83. The minimum absolute atomic E-state index is 0.138. The van der Waals surface area contributed by atoms with Gasteiger partial charge in [-0.1, -0.05) is 30.3 Å². The van der Waals surface area contributed by atoms with Crippen molar-refractivity contribution in [1.29, 1.82) is 0 Å². The summed E-state index contributed by atoms with van der Waals surface area (Å²) in [7, 11) is -5.29. The third-order valence-corrected chi connectivity index (χ3v) is 5.89. The van der Waals surface area contributed by atoms with E-state index in [1.165, 1.54) is 6.07 Å². The summed E-state index contributed by atoms with van der Waals surface area (Å²) in [5.41, 5.74) is 0.895. The van der Waals surface area contributed by atoms with Crippen LogP contribution in [0.25, 0.3) is 0 Å². The van der Waals surface area contributed by atoms with Gasteiger partial charge in [0.2, 0.25) is 0 Å². The molecule has 0 N–H and O–H groups in total. The predicted octanol–water partition coefficient (Wildman–Crippen LogP) is 2.18. The van der Waals surface area contributed by atoms with E-state index in [0.29, 0.717) is 10.6 Å². The van der Waals surface area contributed by atoms with Gasteiger partial charge in [-0.2, -0.15) is 0 Å². The maximum atomic E-state index is 12.6. The number of rotatable bonds is 3. The summed E-state index contributed by atoms with van der Waals surface area (Å²) < 4.78 is 36.1. The zero-order chi connectivity index (χ0) is 14.0. The number of hydrogen-bond acceptors (Lipinski definition) is 3. The molecule has 0 aliphatic heterocycles. The zero-order valence-corrected chi connectivity index (χ0v) is 12.4. The van der Waals surface area contributed by atoms with E-state index < -0.39 is 17.6 Å². The second-order valence-corrected chi connectivity index (χ2v) is 7.86. The molecule has 0 aliphatic rings. The molecule has 1 atom stereocenters. The van der Waals surface area contributed by atoms with Gasteiger partial charge in [-0.25, -0.2) is 8.42 Å². The molecular weight excluding hydrogens is 279 g/mol. The second kappa shape index (κ2) is 5.24. The largest absolute Gasteiger partial charge is 0.277 e. The van der Waals surface area contributed by atoms with Crippen molar-refractivity contribution in [2.75, 3.05) is 6.26 Å². The molecule has 5 heteroatoms. The fourth-order valence-electron chi connectivity index (χ4n) is 1.86. The standard InChI is InChI=1S/C14H14O3PS/c1-11-7-3-4-8-12(11)18(15)13-9-5-6-10-14(13)19(2,16)17/h3-10H,1-2H3. The minimum Gasteiger partial charge on any atom is -0.277 e. The maximum Gasteiger partial charge on any atom is 0.176 e. The van der Waals surface area contributed by atoms with E-state index in [1.807, 2.05) is 19.1 Å². The van der Waals surface area contributed by atoms with E-state index >= 15 is 0 Å². The van der Waals surface area contributed by atoms with Crippen LogP contribution >= 0.6 is 7.80 Å². The SMILES string of the molecule is Cc1ccccc1[P](=O)c1ccccc1S(C)(=O)=O. The summed E-state index contributed by atoms with van der Waals surface area (Å²) in [6.45, 7) is 1.87. The van der Waals surface area contributed by atoms with Crippen molar-refractivity contribution in [3.63, 3.8) is 0 Å². The number of hydrogen-bond donors (Lipinski definition) is 0. The summed E-state index contributed by atoms with van der Waals surface area (Å²) in [5, 5.41) is 1.04. The van der Waals surface area contributed by atoms with Crippen LogP contribution in [0.3, 0.4) is 0 Å². The number of benzene rings is 2. The van der Waals surface area contributed by atoms with Crippen LogP contribution in [0.2, 0.25) is 0 Å². The lowest BCUT2D eigenvalue weighted by Gasteiger charge is -2.09. The van der Waals surface area contributed by atoms with Crippen molar-refractivity contribution >= 4 is 28.2 Å². The van der Waals surface area contributed by atoms with Crippen molar-refractivity contribution in [2.45, 2.75) is 11.8 Å². The molecule has 2 aromatic rings. The molecule has 0 bridgehead atoms. The summed E-state index contributed by atoms with van der Waals surface area (Å²) >= 11 is 0.